The van der Waals surface area contributed by atoms with Gasteiger partial charge < -0.3 is 5.32 Å². The van der Waals surface area contributed by atoms with E-state index in [1.165, 1.54) is 12.1 Å². The average Bonchev–Trinajstić information content (AvgIpc) is 2.41. The molecule has 0 saturated heterocycles. The summed E-state index contributed by atoms with van der Waals surface area (Å²) in [4.78, 5) is 0. The van der Waals surface area contributed by atoms with Crippen LogP contribution in [0.15, 0.2) is 48.5 Å². The largest absolute Gasteiger partial charge is 0.416 e. The lowest BCUT2D eigenvalue weighted by molar-refractivity contribution is -0.137. The molecule has 20 heavy (non-hydrogen) atoms. The van der Waals surface area contributed by atoms with Gasteiger partial charge in [0.25, 0.3) is 0 Å². The van der Waals surface area contributed by atoms with Crippen LogP contribution >= 0.6 is 11.6 Å². The van der Waals surface area contributed by atoms with Crippen LogP contribution in [0.2, 0.25) is 0 Å². The molecule has 0 bridgehead atoms. The van der Waals surface area contributed by atoms with Crippen molar-refractivity contribution < 1.29 is 13.2 Å². The Balaban J connectivity index is 2.06. The zero-order valence-electron chi connectivity index (χ0n) is 10.5. The van der Waals surface area contributed by atoms with Crippen molar-refractivity contribution in [2.75, 3.05) is 11.2 Å². The van der Waals surface area contributed by atoms with Crippen molar-refractivity contribution >= 4 is 23.0 Å². The Hall–Kier alpha value is -1.68. The van der Waals surface area contributed by atoms with Crippen LogP contribution in [-0.4, -0.2) is 5.88 Å². The zero-order valence-corrected chi connectivity index (χ0v) is 11.3. The van der Waals surface area contributed by atoms with Crippen LogP contribution in [0.25, 0.3) is 0 Å². The quantitative estimate of drug-likeness (QED) is 0.762. The van der Waals surface area contributed by atoms with Crippen molar-refractivity contribution in [3.63, 3.8) is 0 Å². The molecular weight excluding hydrogens is 287 g/mol. The summed E-state index contributed by atoms with van der Waals surface area (Å²) >= 11 is 5.65. The van der Waals surface area contributed by atoms with Crippen molar-refractivity contribution in [2.24, 2.45) is 0 Å². The second-order valence-electron chi connectivity index (χ2n) is 4.34. The number of aryl methyl sites for hydroxylation is 1. The summed E-state index contributed by atoms with van der Waals surface area (Å²) in [6.45, 7) is 0. The molecule has 1 nitrogen and oxygen atoms in total. The summed E-state index contributed by atoms with van der Waals surface area (Å²) in [5, 5.41) is 3.05. The van der Waals surface area contributed by atoms with E-state index < -0.39 is 11.7 Å². The molecule has 0 saturated carbocycles. The number of benzene rings is 2. The van der Waals surface area contributed by atoms with E-state index in [0.29, 0.717) is 11.6 Å². The molecule has 5 heteroatoms. The van der Waals surface area contributed by atoms with Crippen molar-refractivity contribution in [1.29, 1.82) is 0 Å². The minimum atomic E-state index is -4.30. The molecule has 0 aliphatic heterocycles. The second kappa shape index (κ2) is 6.18. The van der Waals surface area contributed by atoms with Crippen molar-refractivity contribution in [2.45, 2.75) is 12.6 Å². The third kappa shape index (κ3) is 3.90. The zero-order chi connectivity index (χ0) is 14.6. The molecule has 1 N–H and O–H groups in total. The van der Waals surface area contributed by atoms with Gasteiger partial charge >= 0.3 is 6.18 Å². The van der Waals surface area contributed by atoms with Crippen LogP contribution in [0, 0.1) is 0 Å². The first kappa shape index (κ1) is 14.7. The van der Waals surface area contributed by atoms with Gasteiger partial charge in [-0.05, 0) is 48.4 Å². The minimum absolute atomic E-state index is 0.561. The molecular formula is C15H13ClF3N. The van der Waals surface area contributed by atoms with E-state index >= 15 is 0 Å². The molecule has 0 radical (unpaired) electrons. The van der Waals surface area contributed by atoms with E-state index in [-0.39, 0.29) is 0 Å². The molecule has 2 aromatic rings. The van der Waals surface area contributed by atoms with E-state index in [1.807, 2.05) is 24.3 Å². The predicted molar refractivity (Wildman–Crippen MR) is 75.6 cm³/mol. The lowest BCUT2D eigenvalue weighted by Gasteiger charge is -2.10. The molecule has 2 rings (SSSR count). The molecule has 0 heterocycles. The van der Waals surface area contributed by atoms with Crippen molar-refractivity contribution in [3.8, 4) is 0 Å². The Kier molecular flexibility index (Phi) is 4.55. The molecule has 0 spiro atoms. The number of alkyl halides is 4. The fourth-order valence-electron chi connectivity index (χ4n) is 1.77. The topological polar surface area (TPSA) is 12.0 Å². The maximum Gasteiger partial charge on any atom is 0.416 e. The fraction of sp³-hybridized carbons (Fsp3) is 0.200. The Morgan fingerprint density at radius 1 is 0.850 bits per heavy atom. The highest BCUT2D eigenvalue weighted by Gasteiger charge is 2.29. The summed E-state index contributed by atoms with van der Waals surface area (Å²) in [7, 11) is 0. The first-order chi connectivity index (χ1) is 9.49. The number of halogens is 4. The van der Waals surface area contributed by atoms with Crippen LogP contribution in [0.4, 0.5) is 24.5 Å². The Bertz CT molecular complexity index is 547. The molecule has 0 amide bonds. The van der Waals surface area contributed by atoms with Gasteiger partial charge in [-0.25, -0.2) is 0 Å². The standard InChI is InChI=1S/C15H13ClF3N/c16-10-9-11-1-5-13(6-2-11)20-14-7-3-12(4-8-14)15(17,18)19/h1-8,20H,9-10H2. The van der Waals surface area contributed by atoms with E-state index in [4.69, 9.17) is 11.6 Å². The number of anilines is 2. The minimum Gasteiger partial charge on any atom is -0.356 e. The summed E-state index contributed by atoms with van der Waals surface area (Å²) in [6, 6.07) is 12.6. The van der Waals surface area contributed by atoms with E-state index in [0.717, 1.165) is 29.8 Å². The summed E-state index contributed by atoms with van der Waals surface area (Å²) in [5.74, 6) is 0.561. The highest BCUT2D eigenvalue weighted by molar-refractivity contribution is 6.17. The van der Waals surface area contributed by atoms with E-state index in [2.05, 4.69) is 5.32 Å². The lowest BCUT2D eigenvalue weighted by Crippen LogP contribution is -2.04. The van der Waals surface area contributed by atoms with Gasteiger partial charge in [0, 0.05) is 17.3 Å². The first-order valence-electron chi connectivity index (χ1n) is 6.08. The molecule has 0 atom stereocenters. The smallest absolute Gasteiger partial charge is 0.356 e. The number of rotatable bonds is 4. The monoisotopic (exact) mass is 299 g/mol. The molecule has 2 aromatic carbocycles. The third-order valence-corrected chi connectivity index (χ3v) is 3.03. The van der Waals surface area contributed by atoms with Gasteiger partial charge in [0.15, 0.2) is 0 Å². The van der Waals surface area contributed by atoms with Gasteiger partial charge in [0.2, 0.25) is 0 Å². The summed E-state index contributed by atoms with van der Waals surface area (Å²) in [6.07, 6.45) is -3.51. The highest BCUT2D eigenvalue weighted by atomic mass is 35.5. The highest BCUT2D eigenvalue weighted by Crippen LogP contribution is 2.30. The SMILES string of the molecule is FC(F)(F)c1ccc(Nc2ccc(CCCl)cc2)cc1. The van der Waals surface area contributed by atoms with Gasteiger partial charge in [-0.15, -0.1) is 11.6 Å². The van der Waals surface area contributed by atoms with Gasteiger partial charge in [0.05, 0.1) is 5.56 Å². The number of nitrogens with one attached hydrogen (secondary N) is 1. The fourth-order valence-corrected chi connectivity index (χ4v) is 1.99. The number of hydrogen-bond donors (Lipinski definition) is 1. The molecule has 106 valence electrons. The van der Waals surface area contributed by atoms with Crippen molar-refractivity contribution in [1.82, 2.24) is 0 Å². The normalized spacial score (nSPS) is 11.4. The maximum atomic E-state index is 12.4. The van der Waals surface area contributed by atoms with Crippen molar-refractivity contribution in [3.05, 3.63) is 59.7 Å². The van der Waals surface area contributed by atoms with Gasteiger partial charge in [-0.3, -0.25) is 0 Å². The summed E-state index contributed by atoms with van der Waals surface area (Å²) < 4.78 is 37.3. The van der Waals surface area contributed by atoms with Crippen LogP contribution < -0.4 is 5.32 Å². The molecule has 0 fully saturated rings. The molecule has 0 aromatic heterocycles. The van der Waals surface area contributed by atoms with Gasteiger partial charge in [-0.1, -0.05) is 12.1 Å². The maximum absolute atomic E-state index is 12.4. The molecule has 0 aliphatic carbocycles. The predicted octanol–water partition coefficient (Wildman–Crippen LogP) is 5.23. The van der Waals surface area contributed by atoms with Crippen LogP contribution in [0.5, 0.6) is 0 Å². The van der Waals surface area contributed by atoms with E-state index in [9.17, 15) is 13.2 Å². The van der Waals surface area contributed by atoms with E-state index in [1.54, 1.807) is 0 Å². The molecule has 0 aliphatic rings. The van der Waals surface area contributed by atoms with Crippen LogP contribution in [0.3, 0.4) is 0 Å². The molecule has 0 unspecified atom stereocenters. The second-order valence-corrected chi connectivity index (χ2v) is 4.71. The number of hydrogen-bond acceptors (Lipinski definition) is 1. The van der Waals surface area contributed by atoms with Crippen LogP contribution in [-0.2, 0) is 12.6 Å². The third-order valence-electron chi connectivity index (χ3n) is 2.84. The van der Waals surface area contributed by atoms with Gasteiger partial charge in [-0.2, -0.15) is 13.2 Å². The Morgan fingerprint density at radius 3 is 1.80 bits per heavy atom. The first-order valence-corrected chi connectivity index (χ1v) is 6.62. The summed E-state index contributed by atoms with van der Waals surface area (Å²) in [5.41, 5.74) is 1.91. The van der Waals surface area contributed by atoms with Crippen LogP contribution in [0.1, 0.15) is 11.1 Å². The lowest BCUT2D eigenvalue weighted by atomic mass is 10.1. The van der Waals surface area contributed by atoms with Gasteiger partial charge in [0.1, 0.15) is 0 Å². The Morgan fingerprint density at radius 2 is 1.35 bits per heavy atom. The average molecular weight is 300 g/mol. The Labute approximate surface area is 120 Å².